The van der Waals surface area contributed by atoms with Crippen molar-refractivity contribution in [3.8, 4) is 11.1 Å². The summed E-state index contributed by atoms with van der Waals surface area (Å²) in [4.78, 5) is 21.3. The maximum Gasteiger partial charge on any atom is 0.239 e. The number of fused-ring (bicyclic) bond motifs is 2. The van der Waals surface area contributed by atoms with Crippen LogP contribution < -0.4 is 10.6 Å². The predicted molar refractivity (Wildman–Crippen MR) is 128 cm³/mol. The summed E-state index contributed by atoms with van der Waals surface area (Å²) < 4.78 is 20.7. The first-order valence-corrected chi connectivity index (χ1v) is 11.8. The molecule has 0 saturated carbocycles. The maximum atomic E-state index is 12.2. The van der Waals surface area contributed by atoms with E-state index in [-0.39, 0.29) is 30.8 Å². The molecule has 0 aliphatic carbocycles. The lowest BCUT2D eigenvalue weighted by atomic mass is 10.1. The molecule has 1 amide bonds. The van der Waals surface area contributed by atoms with Gasteiger partial charge in [0.15, 0.2) is 12.0 Å². The van der Waals surface area contributed by atoms with E-state index < -0.39 is 12.0 Å². The molecular weight excluding hydrogens is 434 g/mol. The van der Waals surface area contributed by atoms with Crippen molar-refractivity contribution in [2.45, 2.75) is 64.4 Å². The topological polar surface area (TPSA) is 99.5 Å². The van der Waals surface area contributed by atoms with Gasteiger partial charge in [0.25, 0.3) is 0 Å². The monoisotopic (exact) mass is 465 g/mol. The fraction of sp³-hybridized carbons (Fsp3) is 0.480. The summed E-state index contributed by atoms with van der Waals surface area (Å²) in [5, 5.41) is 6.92. The number of hydrogen-bond acceptors (Lipinski definition) is 7. The Hall–Kier alpha value is -3.01. The van der Waals surface area contributed by atoms with Gasteiger partial charge in [0.2, 0.25) is 5.91 Å². The van der Waals surface area contributed by atoms with Crippen molar-refractivity contribution >= 4 is 22.8 Å². The Bertz CT molecular complexity index is 1180. The first-order chi connectivity index (χ1) is 16.4. The lowest BCUT2D eigenvalue weighted by Gasteiger charge is -2.24. The van der Waals surface area contributed by atoms with E-state index in [0.29, 0.717) is 18.0 Å². The van der Waals surface area contributed by atoms with Crippen LogP contribution >= 0.6 is 0 Å². The third-order valence-corrected chi connectivity index (χ3v) is 6.22. The summed E-state index contributed by atoms with van der Waals surface area (Å²) in [7, 11) is 0. The van der Waals surface area contributed by atoms with Crippen LogP contribution in [-0.4, -0.2) is 57.6 Å². The quantitative estimate of drug-likeness (QED) is 0.551. The van der Waals surface area contributed by atoms with Crippen LogP contribution in [0.1, 0.15) is 40.3 Å². The molecule has 0 bridgehead atoms. The van der Waals surface area contributed by atoms with Crippen molar-refractivity contribution in [2.24, 2.45) is 0 Å². The van der Waals surface area contributed by atoms with Crippen molar-refractivity contribution in [3.63, 3.8) is 0 Å². The Morgan fingerprint density at radius 1 is 1.15 bits per heavy atom. The maximum absolute atomic E-state index is 12.2. The molecule has 4 atom stereocenters. The third kappa shape index (κ3) is 4.15. The van der Waals surface area contributed by atoms with Gasteiger partial charge in [-0.3, -0.25) is 4.79 Å². The summed E-state index contributed by atoms with van der Waals surface area (Å²) in [5.74, 6) is -0.158. The van der Waals surface area contributed by atoms with Gasteiger partial charge < -0.3 is 29.4 Å². The number of nitrogens with one attached hydrogen (secondary N) is 2. The number of carbonyl (C=O) groups excluding carboxylic acids is 1. The van der Waals surface area contributed by atoms with Crippen LogP contribution in [0.2, 0.25) is 0 Å². The summed E-state index contributed by atoms with van der Waals surface area (Å²) in [6.45, 7) is 8.64. The van der Waals surface area contributed by atoms with Crippen LogP contribution in [0, 0.1) is 0 Å². The van der Waals surface area contributed by atoms with E-state index in [4.69, 9.17) is 14.2 Å². The highest BCUT2D eigenvalue weighted by molar-refractivity contribution is 6.02. The molecule has 2 aliphatic rings. The zero-order valence-corrected chi connectivity index (χ0v) is 19.9. The summed E-state index contributed by atoms with van der Waals surface area (Å²) in [6, 6.07) is 10.1. The molecule has 3 aromatic rings. The summed E-state index contributed by atoms with van der Waals surface area (Å²) in [5.41, 5.74) is 2.67. The molecule has 2 N–H and O–H groups in total. The fourth-order valence-electron chi connectivity index (χ4n) is 4.74. The van der Waals surface area contributed by atoms with Crippen molar-refractivity contribution in [1.29, 1.82) is 0 Å². The van der Waals surface area contributed by atoms with Gasteiger partial charge in [0, 0.05) is 18.3 Å². The Balaban J connectivity index is 1.57. The Morgan fingerprint density at radius 2 is 1.91 bits per heavy atom. The zero-order chi connectivity index (χ0) is 23.9. The number of carbonyl (C=O) groups is 1. The van der Waals surface area contributed by atoms with E-state index >= 15 is 0 Å². The molecule has 2 fully saturated rings. The lowest BCUT2D eigenvalue weighted by Crippen LogP contribution is -2.30. The van der Waals surface area contributed by atoms with Crippen LogP contribution in [-0.2, 0) is 19.0 Å². The Labute approximate surface area is 198 Å². The van der Waals surface area contributed by atoms with Crippen molar-refractivity contribution < 1.29 is 19.0 Å². The molecule has 1 aromatic carbocycles. The van der Waals surface area contributed by atoms with Gasteiger partial charge in [-0.15, -0.1) is 0 Å². The highest BCUT2D eigenvalue weighted by Gasteiger charge is 2.54. The second kappa shape index (κ2) is 8.98. The van der Waals surface area contributed by atoms with Gasteiger partial charge >= 0.3 is 0 Å². The zero-order valence-electron chi connectivity index (χ0n) is 19.9. The molecule has 9 heteroatoms. The van der Waals surface area contributed by atoms with Gasteiger partial charge in [-0.05, 0) is 32.8 Å². The smallest absolute Gasteiger partial charge is 0.239 e. The number of rotatable bonds is 7. The average molecular weight is 466 g/mol. The number of ether oxygens (including phenoxy) is 3. The first kappa shape index (κ1) is 22.8. The van der Waals surface area contributed by atoms with E-state index in [2.05, 4.69) is 20.6 Å². The SMILES string of the molecule is CCCNC(=O)CNc1ncnc2c1c(-c1ccccc1)cn2[C@@H]1O[C@H](C)[C@H]2OC(C)(C)O[C@H]21. The van der Waals surface area contributed by atoms with Crippen molar-refractivity contribution in [2.75, 3.05) is 18.4 Å². The molecule has 180 valence electrons. The van der Waals surface area contributed by atoms with Crippen LogP contribution in [0.4, 0.5) is 5.82 Å². The van der Waals surface area contributed by atoms with Crippen LogP contribution in [0.15, 0.2) is 42.9 Å². The van der Waals surface area contributed by atoms with Crippen LogP contribution in [0.3, 0.4) is 0 Å². The molecule has 0 unspecified atom stereocenters. The third-order valence-electron chi connectivity index (χ3n) is 6.22. The minimum absolute atomic E-state index is 0.0798. The predicted octanol–water partition coefficient (Wildman–Crippen LogP) is 3.47. The molecule has 4 heterocycles. The largest absolute Gasteiger partial charge is 0.360 e. The Kier molecular flexibility index (Phi) is 6.01. The van der Waals surface area contributed by atoms with Gasteiger partial charge in [-0.2, -0.15) is 0 Å². The second-order valence-corrected chi connectivity index (χ2v) is 9.24. The molecule has 0 radical (unpaired) electrons. The lowest BCUT2D eigenvalue weighted by molar-refractivity contribution is -0.194. The van der Waals surface area contributed by atoms with E-state index in [0.717, 1.165) is 22.9 Å². The van der Waals surface area contributed by atoms with Gasteiger partial charge in [-0.1, -0.05) is 37.3 Å². The number of anilines is 1. The average Bonchev–Trinajstić information content (AvgIpc) is 3.46. The molecular formula is C25H31N5O4. The van der Waals surface area contributed by atoms with Crippen LogP contribution in [0.5, 0.6) is 0 Å². The van der Waals surface area contributed by atoms with Crippen molar-refractivity contribution in [3.05, 3.63) is 42.9 Å². The van der Waals surface area contributed by atoms with Gasteiger partial charge in [0.1, 0.15) is 30.0 Å². The van der Waals surface area contributed by atoms with E-state index in [9.17, 15) is 4.79 Å². The first-order valence-electron chi connectivity index (χ1n) is 11.8. The molecule has 2 saturated heterocycles. The number of benzene rings is 1. The van der Waals surface area contributed by atoms with E-state index in [1.54, 1.807) is 0 Å². The highest BCUT2D eigenvalue weighted by atomic mass is 16.8. The van der Waals surface area contributed by atoms with Crippen molar-refractivity contribution in [1.82, 2.24) is 19.9 Å². The highest BCUT2D eigenvalue weighted by Crippen LogP contribution is 2.45. The minimum atomic E-state index is -0.676. The fourth-order valence-corrected chi connectivity index (χ4v) is 4.74. The normalized spacial score (nSPS) is 25.4. The van der Waals surface area contributed by atoms with Gasteiger partial charge in [-0.25, -0.2) is 9.97 Å². The van der Waals surface area contributed by atoms with Gasteiger partial charge in [0.05, 0.1) is 18.0 Å². The Morgan fingerprint density at radius 3 is 2.68 bits per heavy atom. The molecule has 2 aliphatic heterocycles. The number of nitrogens with zero attached hydrogens (tertiary/aromatic N) is 3. The van der Waals surface area contributed by atoms with E-state index in [1.807, 2.05) is 68.8 Å². The number of aromatic nitrogens is 3. The number of hydrogen-bond donors (Lipinski definition) is 2. The molecule has 34 heavy (non-hydrogen) atoms. The van der Waals surface area contributed by atoms with E-state index in [1.165, 1.54) is 6.33 Å². The number of amides is 1. The van der Waals surface area contributed by atoms with Crippen LogP contribution in [0.25, 0.3) is 22.2 Å². The standard InChI is InChI=1S/C25H31N5O4/c1-5-11-26-18(31)12-27-22-19-17(16-9-7-6-8-10-16)13-30(23(19)29-14-28-22)24-21-20(15(2)32-24)33-25(3,4)34-21/h6-10,13-15,20-21,24H,5,11-12H2,1-4H3,(H,26,31)(H,27,28,29)/t15-,20-,21-,24-/m1/s1. The summed E-state index contributed by atoms with van der Waals surface area (Å²) >= 11 is 0. The molecule has 9 nitrogen and oxygen atoms in total. The molecule has 2 aromatic heterocycles. The molecule has 0 spiro atoms. The second-order valence-electron chi connectivity index (χ2n) is 9.24. The molecule has 5 rings (SSSR count). The minimum Gasteiger partial charge on any atom is -0.360 e. The summed E-state index contributed by atoms with van der Waals surface area (Å²) in [6.07, 6.45) is 3.45.